The van der Waals surface area contributed by atoms with Crippen LogP contribution in [0.2, 0.25) is 5.15 Å². The lowest BCUT2D eigenvalue weighted by molar-refractivity contribution is 0.158. The molecule has 0 radical (unpaired) electrons. The van der Waals surface area contributed by atoms with Crippen molar-refractivity contribution in [2.75, 3.05) is 11.6 Å². The Labute approximate surface area is 92.1 Å². The van der Waals surface area contributed by atoms with E-state index in [1.807, 2.05) is 17.3 Å². The van der Waals surface area contributed by atoms with Crippen LogP contribution in [0.25, 0.3) is 0 Å². The van der Waals surface area contributed by atoms with Gasteiger partial charge in [0.05, 0.1) is 12.6 Å². The van der Waals surface area contributed by atoms with Crippen LogP contribution in [0.5, 0.6) is 0 Å². The number of hydrogen-bond donors (Lipinski definition) is 1. The molecule has 3 rings (SSSR count). The zero-order valence-corrected chi connectivity index (χ0v) is 8.67. The van der Waals surface area contributed by atoms with Crippen LogP contribution in [0.3, 0.4) is 0 Å². The number of aromatic nitrogens is 2. The van der Waals surface area contributed by atoms with E-state index in [2.05, 4.69) is 15.0 Å². The second kappa shape index (κ2) is 3.08. The van der Waals surface area contributed by atoms with Crippen molar-refractivity contribution in [3.8, 4) is 0 Å². The van der Waals surface area contributed by atoms with Crippen LogP contribution < -0.4 is 10.7 Å². The van der Waals surface area contributed by atoms with Gasteiger partial charge in [-0.3, -0.25) is 10.0 Å². The molecule has 0 aromatic carbocycles. The van der Waals surface area contributed by atoms with Crippen molar-refractivity contribution in [1.82, 2.24) is 15.0 Å². The summed E-state index contributed by atoms with van der Waals surface area (Å²) < 4.78 is 0. The van der Waals surface area contributed by atoms with E-state index in [1.165, 1.54) is 6.33 Å². The second-order valence-corrected chi connectivity index (χ2v) is 4.03. The lowest BCUT2D eigenvalue weighted by atomic mass is 10.1. The van der Waals surface area contributed by atoms with Gasteiger partial charge in [-0.05, 0) is 6.08 Å². The summed E-state index contributed by atoms with van der Waals surface area (Å²) in [5.74, 6) is 0.810. The zero-order chi connectivity index (χ0) is 10.4. The number of anilines is 1. The molecule has 1 aromatic heterocycles. The maximum Gasteiger partial charge on any atom is 0.152 e. The quantitative estimate of drug-likeness (QED) is 0.698. The van der Waals surface area contributed by atoms with E-state index in [0.717, 1.165) is 12.4 Å². The van der Waals surface area contributed by atoms with Crippen LogP contribution in [0.4, 0.5) is 5.82 Å². The van der Waals surface area contributed by atoms with E-state index >= 15 is 0 Å². The molecule has 6 heteroatoms. The van der Waals surface area contributed by atoms with Crippen molar-refractivity contribution in [2.24, 2.45) is 5.73 Å². The predicted molar refractivity (Wildman–Crippen MR) is 57.1 cm³/mol. The molecule has 2 atom stereocenters. The lowest BCUT2D eigenvalue weighted by Gasteiger charge is -2.49. The Morgan fingerprint density at radius 2 is 2.33 bits per heavy atom. The van der Waals surface area contributed by atoms with E-state index in [0.29, 0.717) is 11.2 Å². The fourth-order valence-electron chi connectivity index (χ4n) is 1.92. The zero-order valence-electron chi connectivity index (χ0n) is 7.92. The molecule has 15 heavy (non-hydrogen) atoms. The van der Waals surface area contributed by atoms with Gasteiger partial charge in [-0.25, -0.2) is 9.97 Å². The SMILES string of the molecule is NC1C=CN2C1CN2c1cc(Cl)ncn1. The first-order chi connectivity index (χ1) is 7.25. The summed E-state index contributed by atoms with van der Waals surface area (Å²) in [4.78, 5) is 8.01. The molecule has 78 valence electrons. The molecule has 5 nitrogen and oxygen atoms in total. The van der Waals surface area contributed by atoms with E-state index in [-0.39, 0.29) is 6.04 Å². The molecule has 2 aliphatic heterocycles. The van der Waals surface area contributed by atoms with Gasteiger partial charge in [-0.15, -0.1) is 0 Å². The van der Waals surface area contributed by atoms with Crippen LogP contribution in [0, 0.1) is 0 Å². The standard InChI is InChI=1S/C9H10ClN5/c10-8-3-9(13-5-12-8)15-4-7-6(11)1-2-14(7)15/h1-3,5-7H,4,11H2. The summed E-state index contributed by atoms with van der Waals surface area (Å²) in [7, 11) is 0. The highest BCUT2D eigenvalue weighted by Gasteiger charge is 2.41. The van der Waals surface area contributed by atoms with Gasteiger partial charge in [0, 0.05) is 18.3 Å². The average molecular weight is 224 g/mol. The third kappa shape index (κ3) is 1.27. The molecule has 0 aliphatic carbocycles. The summed E-state index contributed by atoms with van der Waals surface area (Å²) >= 11 is 5.80. The molecule has 0 amide bonds. The molecule has 1 fully saturated rings. The maximum atomic E-state index is 5.88. The fourth-order valence-corrected chi connectivity index (χ4v) is 2.06. The smallest absolute Gasteiger partial charge is 0.152 e. The number of hydrazine groups is 1. The fraction of sp³-hybridized carbons (Fsp3) is 0.333. The van der Waals surface area contributed by atoms with Gasteiger partial charge in [0.25, 0.3) is 0 Å². The van der Waals surface area contributed by atoms with Gasteiger partial charge in [0.1, 0.15) is 11.5 Å². The minimum atomic E-state index is 0.124. The Morgan fingerprint density at radius 1 is 1.47 bits per heavy atom. The number of nitrogens with two attached hydrogens (primary N) is 1. The highest BCUT2D eigenvalue weighted by molar-refractivity contribution is 6.29. The largest absolute Gasteiger partial charge is 0.323 e. The summed E-state index contributed by atoms with van der Waals surface area (Å²) in [6, 6.07) is 2.24. The Morgan fingerprint density at radius 3 is 3.07 bits per heavy atom. The first kappa shape index (κ1) is 8.94. The molecule has 0 spiro atoms. The second-order valence-electron chi connectivity index (χ2n) is 3.65. The van der Waals surface area contributed by atoms with Crippen LogP contribution in [-0.4, -0.2) is 33.6 Å². The average Bonchev–Trinajstić information content (AvgIpc) is 2.42. The first-order valence-electron chi connectivity index (χ1n) is 4.73. The van der Waals surface area contributed by atoms with Gasteiger partial charge in [-0.2, -0.15) is 0 Å². The summed E-state index contributed by atoms with van der Waals surface area (Å²) in [6.07, 6.45) is 5.44. The molecule has 0 bridgehead atoms. The number of rotatable bonds is 1. The summed E-state index contributed by atoms with van der Waals surface area (Å²) in [5, 5.41) is 4.56. The Hall–Kier alpha value is -1.33. The van der Waals surface area contributed by atoms with Crippen molar-refractivity contribution >= 4 is 17.4 Å². The normalized spacial score (nSPS) is 27.9. The van der Waals surface area contributed by atoms with Crippen LogP contribution >= 0.6 is 11.6 Å². The maximum absolute atomic E-state index is 5.88. The Kier molecular flexibility index (Phi) is 1.83. The Balaban J connectivity index is 1.84. The van der Waals surface area contributed by atoms with Gasteiger partial charge in [-0.1, -0.05) is 11.6 Å². The summed E-state index contributed by atoms with van der Waals surface area (Å²) in [5.41, 5.74) is 5.88. The molecule has 0 saturated carbocycles. The lowest BCUT2D eigenvalue weighted by Crippen LogP contribution is -2.65. The van der Waals surface area contributed by atoms with Crippen LogP contribution in [0.15, 0.2) is 24.7 Å². The molecule has 2 N–H and O–H groups in total. The van der Waals surface area contributed by atoms with E-state index in [1.54, 1.807) is 6.07 Å². The minimum Gasteiger partial charge on any atom is -0.323 e. The van der Waals surface area contributed by atoms with E-state index in [4.69, 9.17) is 17.3 Å². The number of nitrogens with zero attached hydrogens (tertiary/aromatic N) is 4. The topological polar surface area (TPSA) is 58.3 Å². The molecule has 1 saturated heterocycles. The summed E-state index contributed by atoms with van der Waals surface area (Å²) in [6.45, 7) is 0.876. The van der Waals surface area contributed by atoms with Gasteiger partial charge < -0.3 is 5.73 Å². The molecular formula is C9H10ClN5. The molecule has 1 aromatic rings. The minimum absolute atomic E-state index is 0.124. The molecule has 2 aliphatic rings. The predicted octanol–water partition coefficient (Wildman–Crippen LogP) is 0.390. The number of hydrogen-bond acceptors (Lipinski definition) is 5. The van der Waals surface area contributed by atoms with Crippen LogP contribution in [0.1, 0.15) is 0 Å². The number of fused-ring (bicyclic) bond motifs is 1. The van der Waals surface area contributed by atoms with E-state index < -0.39 is 0 Å². The molecule has 2 unspecified atom stereocenters. The highest BCUT2D eigenvalue weighted by Crippen LogP contribution is 2.31. The van der Waals surface area contributed by atoms with Gasteiger partial charge >= 0.3 is 0 Å². The van der Waals surface area contributed by atoms with Crippen molar-refractivity contribution in [2.45, 2.75) is 12.1 Å². The molecular weight excluding hydrogens is 214 g/mol. The van der Waals surface area contributed by atoms with Crippen molar-refractivity contribution in [3.63, 3.8) is 0 Å². The van der Waals surface area contributed by atoms with Crippen molar-refractivity contribution in [1.29, 1.82) is 0 Å². The molecule has 3 heterocycles. The third-order valence-electron chi connectivity index (χ3n) is 2.77. The third-order valence-corrected chi connectivity index (χ3v) is 2.97. The monoisotopic (exact) mass is 223 g/mol. The Bertz CT molecular complexity index is 421. The van der Waals surface area contributed by atoms with Crippen molar-refractivity contribution < 1.29 is 0 Å². The van der Waals surface area contributed by atoms with Gasteiger partial charge in [0.15, 0.2) is 5.82 Å². The van der Waals surface area contributed by atoms with Gasteiger partial charge in [0.2, 0.25) is 0 Å². The first-order valence-corrected chi connectivity index (χ1v) is 5.11. The van der Waals surface area contributed by atoms with Crippen molar-refractivity contribution in [3.05, 3.63) is 29.8 Å². The highest BCUT2D eigenvalue weighted by atomic mass is 35.5. The van der Waals surface area contributed by atoms with E-state index in [9.17, 15) is 0 Å². The number of halogens is 1. The van der Waals surface area contributed by atoms with Crippen LogP contribution in [-0.2, 0) is 0 Å².